The van der Waals surface area contributed by atoms with Crippen molar-refractivity contribution < 1.29 is 14.4 Å². The Hall–Kier alpha value is -0.990. The quantitative estimate of drug-likeness (QED) is 0.141. The SMILES string of the molecule is CCC(C=O)CC(C)C(C)CC.CCC(C=O)CC(CC)(CC)CC.CCCCC(C)(CC)C(C)C(C)C=O. The molecule has 234 valence electrons. The van der Waals surface area contributed by atoms with Crippen molar-refractivity contribution in [3.63, 3.8) is 0 Å². The first-order valence-corrected chi connectivity index (χ1v) is 16.7. The lowest BCUT2D eigenvalue weighted by Gasteiger charge is -2.37. The normalized spacial score (nSPS) is 17.5. The third-order valence-corrected chi connectivity index (χ3v) is 10.7. The minimum Gasteiger partial charge on any atom is -0.303 e. The summed E-state index contributed by atoms with van der Waals surface area (Å²) in [5.41, 5.74) is 0.762. The number of hydrogen-bond acceptors (Lipinski definition) is 3. The molecule has 0 aliphatic heterocycles. The number of rotatable bonds is 20. The predicted molar refractivity (Wildman–Crippen MR) is 173 cm³/mol. The van der Waals surface area contributed by atoms with Gasteiger partial charge in [-0.1, -0.05) is 135 Å². The molecule has 0 aliphatic carbocycles. The smallest absolute Gasteiger partial charge is 0.123 e. The van der Waals surface area contributed by atoms with Gasteiger partial charge in [-0.2, -0.15) is 0 Å². The summed E-state index contributed by atoms with van der Waals surface area (Å²) in [6.45, 7) is 28.7. The van der Waals surface area contributed by atoms with Gasteiger partial charge < -0.3 is 14.4 Å². The van der Waals surface area contributed by atoms with E-state index in [1.165, 1.54) is 51.4 Å². The highest BCUT2D eigenvalue weighted by molar-refractivity contribution is 5.54. The van der Waals surface area contributed by atoms with E-state index in [0.717, 1.165) is 50.5 Å². The second-order valence-corrected chi connectivity index (χ2v) is 12.9. The summed E-state index contributed by atoms with van der Waals surface area (Å²) in [4.78, 5) is 32.1. The maximum atomic E-state index is 10.8. The van der Waals surface area contributed by atoms with Crippen LogP contribution in [0.3, 0.4) is 0 Å². The van der Waals surface area contributed by atoms with Crippen molar-refractivity contribution in [1.29, 1.82) is 0 Å². The molecule has 0 amide bonds. The minimum atomic E-state index is 0.191. The maximum Gasteiger partial charge on any atom is 0.123 e. The Balaban J connectivity index is -0.000000500. The van der Waals surface area contributed by atoms with Crippen molar-refractivity contribution in [3.8, 4) is 0 Å². The molecule has 3 nitrogen and oxygen atoms in total. The summed E-state index contributed by atoms with van der Waals surface area (Å²) in [5, 5.41) is 0. The van der Waals surface area contributed by atoms with E-state index in [9.17, 15) is 14.4 Å². The average Bonchev–Trinajstić information content (AvgIpc) is 2.98. The number of carbonyl (C=O) groups excluding carboxylic acids is 3. The third-order valence-electron chi connectivity index (χ3n) is 10.7. The van der Waals surface area contributed by atoms with Gasteiger partial charge in [-0.25, -0.2) is 0 Å². The molecular formula is C36H72O3. The van der Waals surface area contributed by atoms with E-state index in [-0.39, 0.29) is 17.8 Å². The third kappa shape index (κ3) is 17.4. The van der Waals surface area contributed by atoms with Crippen LogP contribution in [0, 0.1) is 46.3 Å². The number of hydrogen-bond donors (Lipinski definition) is 0. The first-order chi connectivity index (χ1) is 18.3. The van der Waals surface area contributed by atoms with Gasteiger partial charge in [0, 0.05) is 17.8 Å². The van der Waals surface area contributed by atoms with Gasteiger partial charge >= 0.3 is 0 Å². The van der Waals surface area contributed by atoms with Crippen LogP contribution in [0.15, 0.2) is 0 Å². The molecule has 0 aromatic rings. The highest BCUT2D eigenvalue weighted by Crippen LogP contribution is 2.40. The zero-order valence-electron chi connectivity index (χ0n) is 28.9. The van der Waals surface area contributed by atoms with Crippen LogP contribution in [0.1, 0.15) is 167 Å². The molecule has 0 radical (unpaired) electrons. The molecular weight excluding hydrogens is 480 g/mol. The van der Waals surface area contributed by atoms with Crippen molar-refractivity contribution >= 4 is 18.9 Å². The molecule has 0 aliphatic rings. The molecule has 0 fully saturated rings. The largest absolute Gasteiger partial charge is 0.303 e. The van der Waals surface area contributed by atoms with E-state index in [1.807, 2.05) is 6.92 Å². The van der Waals surface area contributed by atoms with Crippen LogP contribution in [-0.4, -0.2) is 18.9 Å². The summed E-state index contributed by atoms with van der Waals surface area (Å²) in [6, 6.07) is 0. The van der Waals surface area contributed by atoms with Crippen molar-refractivity contribution in [3.05, 3.63) is 0 Å². The number of carbonyl (C=O) groups is 3. The minimum absolute atomic E-state index is 0.191. The lowest BCUT2D eigenvalue weighted by Crippen LogP contribution is -2.30. The van der Waals surface area contributed by atoms with E-state index in [4.69, 9.17) is 0 Å². The fraction of sp³-hybridized carbons (Fsp3) is 0.917. The monoisotopic (exact) mass is 553 g/mol. The second-order valence-electron chi connectivity index (χ2n) is 12.9. The summed E-state index contributed by atoms with van der Waals surface area (Å²) in [7, 11) is 0. The molecule has 0 N–H and O–H groups in total. The van der Waals surface area contributed by atoms with Crippen LogP contribution in [0.5, 0.6) is 0 Å². The van der Waals surface area contributed by atoms with Gasteiger partial charge in [-0.15, -0.1) is 0 Å². The molecule has 0 bridgehead atoms. The van der Waals surface area contributed by atoms with Crippen LogP contribution in [0.4, 0.5) is 0 Å². The van der Waals surface area contributed by atoms with E-state index in [2.05, 4.69) is 83.1 Å². The van der Waals surface area contributed by atoms with Gasteiger partial charge in [0.05, 0.1) is 0 Å². The van der Waals surface area contributed by atoms with Crippen LogP contribution >= 0.6 is 0 Å². The lowest BCUT2D eigenvalue weighted by molar-refractivity contribution is -0.113. The molecule has 7 unspecified atom stereocenters. The van der Waals surface area contributed by atoms with Crippen LogP contribution < -0.4 is 0 Å². The summed E-state index contributed by atoms with van der Waals surface area (Å²) in [6.07, 6.45) is 17.2. The first kappa shape index (κ1) is 42.5. The number of aldehydes is 3. The Bertz CT molecular complexity index is 574. The van der Waals surface area contributed by atoms with Crippen molar-refractivity contribution in [2.45, 2.75) is 167 Å². The number of unbranched alkanes of at least 4 members (excludes halogenated alkanes) is 1. The molecule has 3 heteroatoms. The zero-order valence-corrected chi connectivity index (χ0v) is 28.9. The molecule has 0 saturated carbocycles. The van der Waals surface area contributed by atoms with E-state index >= 15 is 0 Å². The highest BCUT2D eigenvalue weighted by Gasteiger charge is 2.32. The molecule has 0 rings (SSSR count). The molecule has 0 heterocycles. The lowest BCUT2D eigenvalue weighted by atomic mass is 9.68. The van der Waals surface area contributed by atoms with E-state index in [0.29, 0.717) is 22.7 Å². The van der Waals surface area contributed by atoms with E-state index < -0.39 is 0 Å². The molecule has 0 aromatic heterocycles. The van der Waals surface area contributed by atoms with Crippen molar-refractivity contribution in [2.75, 3.05) is 0 Å². The van der Waals surface area contributed by atoms with Crippen LogP contribution in [-0.2, 0) is 14.4 Å². The Morgan fingerprint density at radius 2 is 1.10 bits per heavy atom. The first-order valence-electron chi connectivity index (χ1n) is 16.7. The van der Waals surface area contributed by atoms with Gasteiger partial charge in [0.1, 0.15) is 18.9 Å². The molecule has 39 heavy (non-hydrogen) atoms. The Labute approximate surface area is 246 Å². The van der Waals surface area contributed by atoms with Gasteiger partial charge in [0.15, 0.2) is 0 Å². The van der Waals surface area contributed by atoms with Crippen LogP contribution in [0.2, 0.25) is 0 Å². The zero-order chi connectivity index (χ0) is 31.1. The van der Waals surface area contributed by atoms with Gasteiger partial charge in [0.2, 0.25) is 0 Å². The summed E-state index contributed by atoms with van der Waals surface area (Å²) in [5.74, 6) is 2.69. The van der Waals surface area contributed by atoms with Crippen molar-refractivity contribution in [1.82, 2.24) is 0 Å². The molecule has 0 aromatic carbocycles. The standard InChI is InChI=1S/C13H26O.C12H24O.C11H22O/c1-6-8-9-13(5,7-2)12(4)11(3)10-14;1-5-11(10-13)9-12(6-2,7-3)8-4;1-5-9(3)10(4)7-11(6-2)8-12/h10-12H,6-9H2,1-5H3;10-11H,5-9H2,1-4H3;8-11H,5-7H2,1-4H3. The second kappa shape index (κ2) is 24.8. The Kier molecular flexibility index (Phi) is 27.0. The van der Waals surface area contributed by atoms with Gasteiger partial charge in [-0.05, 0) is 60.7 Å². The highest BCUT2D eigenvalue weighted by atomic mass is 16.1. The van der Waals surface area contributed by atoms with Crippen molar-refractivity contribution in [2.24, 2.45) is 46.3 Å². The fourth-order valence-electron chi connectivity index (χ4n) is 5.52. The summed E-state index contributed by atoms with van der Waals surface area (Å²) >= 11 is 0. The average molecular weight is 553 g/mol. The van der Waals surface area contributed by atoms with Gasteiger partial charge in [-0.3, -0.25) is 0 Å². The Morgan fingerprint density at radius 1 is 0.615 bits per heavy atom. The molecule has 7 atom stereocenters. The summed E-state index contributed by atoms with van der Waals surface area (Å²) < 4.78 is 0. The van der Waals surface area contributed by atoms with Gasteiger partial charge in [0.25, 0.3) is 0 Å². The van der Waals surface area contributed by atoms with E-state index in [1.54, 1.807) is 0 Å². The predicted octanol–water partition coefficient (Wildman–Crippen LogP) is 11.2. The molecule has 0 saturated heterocycles. The maximum absolute atomic E-state index is 10.8. The fourth-order valence-corrected chi connectivity index (χ4v) is 5.52. The Morgan fingerprint density at radius 3 is 1.41 bits per heavy atom. The molecule has 0 spiro atoms. The van der Waals surface area contributed by atoms with Crippen LogP contribution in [0.25, 0.3) is 0 Å². The topological polar surface area (TPSA) is 51.2 Å².